The Morgan fingerprint density at radius 1 is 1.40 bits per heavy atom. The Morgan fingerprint density at radius 2 is 2.20 bits per heavy atom. The van der Waals surface area contributed by atoms with Gasteiger partial charge in [0, 0.05) is 5.92 Å². The van der Waals surface area contributed by atoms with Gasteiger partial charge in [-0.05, 0) is 24.7 Å². The molecule has 0 saturated heterocycles. The molecule has 82 valence electrons. The van der Waals surface area contributed by atoms with Gasteiger partial charge in [-0.15, -0.1) is 0 Å². The van der Waals surface area contributed by atoms with E-state index in [-0.39, 0.29) is 11.8 Å². The van der Waals surface area contributed by atoms with E-state index in [9.17, 15) is 9.59 Å². The first-order chi connectivity index (χ1) is 7.16. The van der Waals surface area contributed by atoms with Gasteiger partial charge in [-0.25, -0.2) is 10.3 Å². The zero-order valence-electron chi connectivity index (χ0n) is 8.18. The minimum Gasteiger partial charge on any atom is -0.479 e. The Morgan fingerprint density at radius 3 is 2.73 bits per heavy atom. The molecule has 0 heterocycles. The largest absolute Gasteiger partial charge is 0.479 e. The van der Waals surface area contributed by atoms with E-state index in [1.54, 1.807) is 0 Å². The van der Waals surface area contributed by atoms with Crippen molar-refractivity contribution in [1.29, 1.82) is 0 Å². The third-order valence-corrected chi connectivity index (χ3v) is 2.98. The van der Waals surface area contributed by atoms with Crippen LogP contribution >= 0.6 is 0 Å². The second-order valence-corrected chi connectivity index (χ2v) is 4.04. The van der Waals surface area contributed by atoms with Crippen LogP contribution in [0.2, 0.25) is 0 Å². The molecule has 15 heavy (non-hydrogen) atoms. The molecule has 2 aliphatic rings. The smallest absolute Gasteiger partial charge is 0.332 e. The molecular weight excluding hydrogens is 198 g/mol. The van der Waals surface area contributed by atoms with Crippen LogP contribution in [-0.2, 0) is 14.4 Å². The first-order valence-corrected chi connectivity index (χ1v) is 4.98. The van der Waals surface area contributed by atoms with Crippen LogP contribution in [0.5, 0.6) is 0 Å². The Bertz CT molecular complexity index is 313. The Kier molecular flexibility index (Phi) is 2.73. The summed E-state index contributed by atoms with van der Waals surface area (Å²) >= 11 is 0. The number of carbonyl (C=O) groups excluding carboxylic acids is 1. The third-order valence-electron chi connectivity index (χ3n) is 2.98. The van der Waals surface area contributed by atoms with Crippen LogP contribution in [0.3, 0.4) is 0 Å². The number of amides is 1. The fourth-order valence-corrected chi connectivity index (χ4v) is 2.33. The van der Waals surface area contributed by atoms with Crippen LogP contribution in [0.4, 0.5) is 0 Å². The lowest BCUT2D eigenvalue weighted by atomic mass is 9.93. The summed E-state index contributed by atoms with van der Waals surface area (Å²) in [6, 6.07) is 0. The van der Waals surface area contributed by atoms with Crippen molar-refractivity contribution >= 4 is 11.9 Å². The number of carboxylic acid groups (broad SMARTS) is 1. The summed E-state index contributed by atoms with van der Waals surface area (Å²) in [5, 5.41) is 8.31. The molecule has 0 aliphatic heterocycles. The highest BCUT2D eigenvalue weighted by molar-refractivity contribution is 5.79. The Hall–Kier alpha value is -1.36. The number of aliphatic carboxylic acids is 1. The molecule has 0 aromatic rings. The van der Waals surface area contributed by atoms with E-state index < -0.39 is 12.6 Å². The number of rotatable bonds is 4. The highest BCUT2D eigenvalue weighted by atomic mass is 16.7. The summed E-state index contributed by atoms with van der Waals surface area (Å²) in [5.41, 5.74) is 2.19. The monoisotopic (exact) mass is 211 g/mol. The number of carbonyl (C=O) groups is 2. The van der Waals surface area contributed by atoms with Crippen molar-refractivity contribution < 1.29 is 19.5 Å². The standard InChI is InChI=1S/C10H13NO4/c12-9(13)5-15-11-10(14)8-4-6-1-2-7(8)3-6/h1-2,6-8H,3-5H2,(H,11,14)(H,12,13). The normalized spacial score (nSPS) is 31.9. The molecule has 2 bridgehead atoms. The van der Waals surface area contributed by atoms with Crippen LogP contribution in [-0.4, -0.2) is 23.6 Å². The zero-order chi connectivity index (χ0) is 10.8. The van der Waals surface area contributed by atoms with Crippen molar-refractivity contribution in [2.75, 3.05) is 6.61 Å². The van der Waals surface area contributed by atoms with E-state index in [0.29, 0.717) is 11.8 Å². The van der Waals surface area contributed by atoms with Gasteiger partial charge >= 0.3 is 5.97 Å². The van der Waals surface area contributed by atoms with Gasteiger partial charge in [0.15, 0.2) is 6.61 Å². The number of hydrogen-bond donors (Lipinski definition) is 2. The number of fused-ring (bicyclic) bond motifs is 2. The zero-order valence-corrected chi connectivity index (χ0v) is 8.18. The maximum absolute atomic E-state index is 11.6. The number of carboxylic acids is 1. The molecule has 0 aromatic carbocycles. The lowest BCUT2D eigenvalue weighted by Crippen LogP contribution is -2.34. The first kappa shape index (κ1) is 10.2. The summed E-state index contributed by atoms with van der Waals surface area (Å²) in [6.07, 6.45) is 6.10. The quantitative estimate of drug-likeness (QED) is 0.519. The van der Waals surface area contributed by atoms with Crippen LogP contribution in [0.1, 0.15) is 12.8 Å². The fraction of sp³-hybridized carbons (Fsp3) is 0.600. The van der Waals surface area contributed by atoms with Crippen molar-refractivity contribution in [2.24, 2.45) is 17.8 Å². The van der Waals surface area contributed by atoms with Gasteiger partial charge in [0.2, 0.25) is 5.91 Å². The summed E-state index contributed by atoms with van der Waals surface area (Å²) in [5.74, 6) is -0.515. The molecule has 2 rings (SSSR count). The van der Waals surface area contributed by atoms with Crippen LogP contribution in [0, 0.1) is 17.8 Å². The first-order valence-electron chi connectivity index (χ1n) is 4.98. The van der Waals surface area contributed by atoms with Crippen LogP contribution in [0.15, 0.2) is 12.2 Å². The van der Waals surface area contributed by atoms with Gasteiger partial charge in [-0.3, -0.25) is 9.63 Å². The Balaban J connectivity index is 1.77. The van der Waals surface area contributed by atoms with Gasteiger partial charge in [-0.1, -0.05) is 12.2 Å². The van der Waals surface area contributed by atoms with Crippen molar-refractivity contribution in [3.05, 3.63) is 12.2 Å². The minimum atomic E-state index is -1.09. The minimum absolute atomic E-state index is 0.0474. The van der Waals surface area contributed by atoms with E-state index >= 15 is 0 Å². The fourth-order valence-electron chi connectivity index (χ4n) is 2.33. The maximum Gasteiger partial charge on any atom is 0.332 e. The van der Waals surface area contributed by atoms with Gasteiger partial charge in [0.25, 0.3) is 0 Å². The van der Waals surface area contributed by atoms with E-state index in [1.807, 2.05) is 0 Å². The van der Waals surface area contributed by atoms with E-state index in [4.69, 9.17) is 5.11 Å². The van der Waals surface area contributed by atoms with Crippen LogP contribution < -0.4 is 5.48 Å². The summed E-state index contributed by atoms with van der Waals surface area (Å²) in [4.78, 5) is 26.2. The van der Waals surface area contributed by atoms with Gasteiger partial charge in [-0.2, -0.15) is 0 Å². The highest BCUT2D eigenvalue weighted by Gasteiger charge is 2.39. The molecule has 1 saturated carbocycles. The van der Waals surface area contributed by atoms with Crippen molar-refractivity contribution in [3.8, 4) is 0 Å². The second kappa shape index (κ2) is 4.02. The molecule has 5 heteroatoms. The number of hydroxylamine groups is 1. The predicted octanol–water partition coefficient (Wildman–Crippen LogP) is 0.331. The summed E-state index contributed by atoms with van der Waals surface area (Å²) in [6.45, 7) is -0.498. The second-order valence-electron chi connectivity index (χ2n) is 4.04. The molecule has 3 atom stereocenters. The molecule has 3 unspecified atom stereocenters. The molecule has 2 aliphatic carbocycles. The average Bonchev–Trinajstić information content (AvgIpc) is 2.77. The summed E-state index contributed by atoms with van der Waals surface area (Å²) < 4.78 is 0. The molecule has 1 amide bonds. The molecule has 2 N–H and O–H groups in total. The SMILES string of the molecule is O=C(O)CONC(=O)C1CC2C=CC1C2. The topological polar surface area (TPSA) is 75.6 Å². The van der Waals surface area contributed by atoms with Crippen LogP contribution in [0.25, 0.3) is 0 Å². The maximum atomic E-state index is 11.6. The Labute approximate surface area is 87.1 Å². The van der Waals surface area contributed by atoms with Gasteiger partial charge < -0.3 is 5.11 Å². The molecule has 0 radical (unpaired) electrons. The van der Waals surface area contributed by atoms with E-state index in [1.165, 1.54) is 0 Å². The van der Waals surface area contributed by atoms with Crippen molar-refractivity contribution in [3.63, 3.8) is 0 Å². The molecule has 0 spiro atoms. The average molecular weight is 211 g/mol. The van der Waals surface area contributed by atoms with Crippen molar-refractivity contribution in [1.82, 2.24) is 5.48 Å². The van der Waals surface area contributed by atoms with E-state index in [2.05, 4.69) is 22.5 Å². The molecule has 1 fully saturated rings. The predicted molar refractivity (Wildman–Crippen MR) is 50.6 cm³/mol. The van der Waals surface area contributed by atoms with Crippen molar-refractivity contribution in [2.45, 2.75) is 12.8 Å². The molecule has 5 nitrogen and oxygen atoms in total. The lowest BCUT2D eigenvalue weighted by molar-refractivity contribution is -0.151. The lowest BCUT2D eigenvalue weighted by Gasteiger charge is -2.16. The number of hydrogen-bond acceptors (Lipinski definition) is 3. The van der Waals surface area contributed by atoms with Gasteiger partial charge in [0.05, 0.1) is 0 Å². The molecular formula is C10H13NO4. The summed E-state index contributed by atoms with van der Waals surface area (Å²) in [7, 11) is 0. The number of allylic oxidation sites excluding steroid dienone is 2. The molecule has 0 aromatic heterocycles. The third kappa shape index (κ3) is 2.18. The van der Waals surface area contributed by atoms with Gasteiger partial charge in [0.1, 0.15) is 0 Å². The number of nitrogens with one attached hydrogen (secondary N) is 1. The van der Waals surface area contributed by atoms with E-state index in [0.717, 1.165) is 12.8 Å². The highest BCUT2D eigenvalue weighted by Crippen LogP contribution is 2.43.